The van der Waals surface area contributed by atoms with Crippen LogP contribution in [0.2, 0.25) is 0 Å². The molecule has 0 radical (unpaired) electrons. The molecule has 16 heavy (non-hydrogen) atoms. The van der Waals surface area contributed by atoms with Gasteiger partial charge in [-0.1, -0.05) is 11.6 Å². The van der Waals surface area contributed by atoms with Crippen LogP contribution in [-0.4, -0.2) is 25.3 Å². The fourth-order valence-electron chi connectivity index (χ4n) is 1.54. The largest absolute Gasteiger partial charge is 0.405 e. The van der Waals surface area contributed by atoms with Crippen LogP contribution in [0, 0.1) is 0 Å². The highest BCUT2D eigenvalue weighted by molar-refractivity contribution is 5.73. The molecule has 0 unspecified atom stereocenters. The average molecular weight is 236 g/mol. The molecule has 1 aliphatic rings. The summed E-state index contributed by atoms with van der Waals surface area (Å²) in [6, 6.07) is -0.768. The zero-order valence-corrected chi connectivity index (χ0v) is 8.86. The minimum Gasteiger partial charge on any atom is -0.338 e. The van der Waals surface area contributed by atoms with Crippen molar-refractivity contribution < 1.29 is 18.0 Å². The Balaban J connectivity index is 2.06. The first-order valence-corrected chi connectivity index (χ1v) is 5.24. The van der Waals surface area contributed by atoms with Crippen LogP contribution in [0.1, 0.15) is 25.7 Å². The fraction of sp³-hybridized carbons (Fsp3) is 0.700. The van der Waals surface area contributed by atoms with E-state index >= 15 is 0 Å². The third kappa shape index (κ3) is 5.63. The van der Waals surface area contributed by atoms with Gasteiger partial charge in [-0.15, -0.1) is 0 Å². The third-order valence-corrected chi connectivity index (χ3v) is 2.32. The van der Waals surface area contributed by atoms with E-state index in [1.807, 2.05) is 0 Å². The quantitative estimate of drug-likeness (QED) is 0.723. The molecule has 0 spiro atoms. The van der Waals surface area contributed by atoms with E-state index in [2.05, 4.69) is 11.4 Å². The van der Waals surface area contributed by atoms with E-state index in [1.165, 1.54) is 5.57 Å². The summed E-state index contributed by atoms with van der Waals surface area (Å²) in [5.74, 6) is 0. The predicted molar refractivity (Wildman–Crippen MR) is 54.0 cm³/mol. The highest BCUT2D eigenvalue weighted by Gasteiger charge is 2.27. The van der Waals surface area contributed by atoms with E-state index in [4.69, 9.17) is 0 Å². The molecule has 1 rings (SSSR count). The van der Waals surface area contributed by atoms with E-state index in [9.17, 15) is 18.0 Å². The molecule has 0 heterocycles. The summed E-state index contributed by atoms with van der Waals surface area (Å²) >= 11 is 0. The Bertz CT molecular complexity index is 274. The zero-order valence-electron chi connectivity index (χ0n) is 8.86. The highest BCUT2D eigenvalue weighted by atomic mass is 19.4. The molecule has 0 bridgehead atoms. The number of hydrogen-bond donors (Lipinski definition) is 2. The Kier molecular flexibility index (Phi) is 4.64. The van der Waals surface area contributed by atoms with Gasteiger partial charge in [0, 0.05) is 6.54 Å². The number of amides is 2. The molecule has 1 aliphatic carbocycles. The number of halogens is 3. The molecular formula is C10H15F3N2O. The summed E-state index contributed by atoms with van der Waals surface area (Å²) in [5.41, 5.74) is 1.27. The van der Waals surface area contributed by atoms with Gasteiger partial charge < -0.3 is 10.6 Å². The minimum atomic E-state index is -4.36. The highest BCUT2D eigenvalue weighted by Crippen LogP contribution is 2.19. The summed E-state index contributed by atoms with van der Waals surface area (Å²) in [7, 11) is 0. The van der Waals surface area contributed by atoms with Crippen molar-refractivity contribution in [2.45, 2.75) is 31.9 Å². The molecule has 0 aromatic rings. The third-order valence-electron chi connectivity index (χ3n) is 2.32. The Labute approximate surface area is 92.1 Å². The molecule has 2 amide bonds. The predicted octanol–water partition coefficient (Wildman–Crippen LogP) is 2.35. The van der Waals surface area contributed by atoms with Gasteiger partial charge in [-0.2, -0.15) is 13.2 Å². The van der Waals surface area contributed by atoms with Gasteiger partial charge >= 0.3 is 12.2 Å². The van der Waals surface area contributed by atoms with Crippen molar-refractivity contribution in [1.29, 1.82) is 0 Å². The molecule has 6 heteroatoms. The smallest absolute Gasteiger partial charge is 0.338 e. The van der Waals surface area contributed by atoms with Gasteiger partial charge in [-0.05, 0) is 25.7 Å². The van der Waals surface area contributed by atoms with Crippen LogP contribution in [0.4, 0.5) is 18.0 Å². The topological polar surface area (TPSA) is 41.1 Å². The van der Waals surface area contributed by atoms with Crippen molar-refractivity contribution in [3.63, 3.8) is 0 Å². The maximum Gasteiger partial charge on any atom is 0.405 e. The van der Waals surface area contributed by atoms with Crippen molar-refractivity contribution >= 4 is 6.03 Å². The summed E-state index contributed by atoms with van der Waals surface area (Å²) in [4.78, 5) is 10.9. The average Bonchev–Trinajstić information content (AvgIpc) is 2.66. The summed E-state index contributed by atoms with van der Waals surface area (Å²) in [6.45, 7) is -0.906. The van der Waals surface area contributed by atoms with Crippen LogP contribution >= 0.6 is 0 Å². The second kappa shape index (κ2) is 5.77. The van der Waals surface area contributed by atoms with Gasteiger partial charge in [0.2, 0.25) is 0 Å². The SMILES string of the molecule is O=C(NCCC1=CCCC1)NCC(F)(F)F. The second-order valence-corrected chi connectivity index (χ2v) is 3.73. The summed E-state index contributed by atoms with van der Waals surface area (Å²) in [6.07, 6.45) is 1.72. The maximum atomic E-state index is 11.7. The van der Waals surface area contributed by atoms with E-state index in [-0.39, 0.29) is 0 Å². The Morgan fingerprint density at radius 1 is 1.38 bits per heavy atom. The molecule has 92 valence electrons. The molecule has 0 aromatic carbocycles. The first-order chi connectivity index (χ1) is 7.47. The monoisotopic (exact) mass is 236 g/mol. The number of allylic oxidation sites excluding steroid dienone is 1. The van der Waals surface area contributed by atoms with Gasteiger partial charge in [0.15, 0.2) is 0 Å². The van der Waals surface area contributed by atoms with Crippen LogP contribution < -0.4 is 10.6 Å². The van der Waals surface area contributed by atoms with Crippen molar-refractivity contribution in [3.8, 4) is 0 Å². The van der Waals surface area contributed by atoms with Crippen LogP contribution in [0.5, 0.6) is 0 Å². The standard InChI is InChI=1S/C10H15F3N2O/c11-10(12,13)7-15-9(16)14-6-5-8-3-1-2-4-8/h3H,1-2,4-7H2,(H2,14,15,16). The molecular weight excluding hydrogens is 221 g/mol. The van der Waals surface area contributed by atoms with Crippen molar-refractivity contribution in [3.05, 3.63) is 11.6 Å². The van der Waals surface area contributed by atoms with Crippen molar-refractivity contribution in [2.24, 2.45) is 0 Å². The number of rotatable bonds is 4. The Morgan fingerprint density at radius 2 is 2.12 bits per heavy atom. The zero-order chi connectivity index (χ0) is 12.0. The number of carbonyl (C=O) groups is 1. The first-order valence-electron chi connectivity index (χ1n) is 5.24. The van der Waals surface area contributed by atoms with E-state index in [0.29, 0.717) is 6.54 Å². The van der Waals surface area contributed by atoms with Gasteiger partial charge in [0.25, 0.3) is 0 Å². The number of alkyl halides is 3. The summed E-state index contributed by atoms with van der Waals surface area (Å²) < 4.78 is 35.2. The normalized spacial score (nSPS) is 15.8. The van der Waals surface area contributed by atoms with Gasteiger partial charge in [0.1, 0.15) is 6.54 Å². The molecule has 3 nitrogen and oxygen atoms in total. The van der Waals surface area contributed by atoms with Crippen molar-refractivity contribution in [2.75, 3.05) is 13.1 Å². The van der Waals surface area contributed by atoms with E-state index in [0.717, 1.165) is 25.7 Å². The van der Waals surface area contributed by atoms with Crippen LogP contribution in [0.25, 0.3) is 0 Å². The Morgan fingerprint density at radius 3 is 2.69 bits per heavy atom. The molecule has 0 aliphatic heterocycles. The molecule has 0 atom stereocenters. The lowest BCUT2D eigenvalue weighted by molar-refractivity contribution is -0.122. The van der Waals surface area contributed by atoms with E-state index in [1.54, 1.807) is 5.32 Å². The molecule has 0 fully saturated rings. The molecule has 0 saturated heterocycles. The van der Waals surface area contributed by atoms with Gasteiger partial charge in [-0.25, -0.2) is 4.79 Å². The van der Waals surface area contributed by atoms with Crippen LogP contribution in [0.3, 0.4) is 0 Å². The van der Waals surface area contributed by atoms with Gasteiger partial charge in [0.05, 0.1) is 0 Å². The Hall–Kier alpha value is -1.20. The number of nitrogens with one attached hydrogen (secondary N) is 2. The van der Waals surface area contributed by atoms with E-state index < -0.39 is 18.8 Å². The number of carbonyl (C=O) groups excluding carboxylic acids is 1. The lowest BCUT2D eigenvalue weighted by atomic mass is 10.2. The lowest BCUT2D eigenvalue weighted by Gasteiger charge is -2.09. The lowest BCUT2D eigenvalue weighted by Crippen LogP contribution is -2.41. The fourth-order valence-corrected chi connectivity index (χ4v) is 1.54. The minimum absolute atomic E-state index is 0.384. The van der Waals surface area contributed by atoms with Crippen molar-refractivity contribution in [1.82, 2.24) is 10.6 Å². The maximum absolute atomic E-state index is 11.7. The number of urea groups is 1. The molecule has 0 aromatic heterocycles. The molecule has 0 saturated carbocycles. The van der Waals surface area contributed by atoms with Crippen LogP contribution in [-0.2, 0) is 0 Å². The first kappa shape index (κ1) is 12.9. The van der Waals surface area contributed by atoms with Crippen LogP contribution in [0.15, 0.2) is 11.6 Å². The van der Waals surface area contributed by atoms with Gasteiger partial charge in [-0.3, -0.25) is 0 Å². The molecule has 2 N–H and O–H groups in total. The summed E-state index contributed by atoms with van der Waals surface area (Å²) in [5, 5.41) is 4.14. The number of hydrogen-bond acceptors (Lipinski definition) is 1. The second-order valence-electron chi connectivity index (χ2n) is 3.73.